The Hall–Kier alpha value is -5.07. The fourth-order valence-electron chi connectivity index (χ4n) is 6.52. The number of hydrogen-bond acceptors (Lipinski definition) is 15. The normalized spacial score (nSPS) is 18.9. The van der Waals surface area contributed by atoms with Gasteiger partial charge in [0, 0.05) is 5.75 Å². The number of fused-ring (bicyclic) bond motifs is 1. The second kappa shape index (κ2) is 18.0. The number of nitrogens with one attached hydrogen (secondary N) is 1. The molecule has 0 saturated carbocycles. The minimum absolute atomic E-state index is 0.132. The van der Waals surface area contributed by atoms with E-state index in [1.54, 1.807) is 35.0 Å². The summed E-state index contributed by atoms with van der Waals surface area (Å²) in [5.41, 5.74) is 6.98. The molecule has 6 rings (SSSR count). The molecular formula is C40H46N6O9S2. The smallest absolute Gasteiger partial charge is 0.408 e. The van der Waals surface area contributed by atoms with Gasteiger partial charge in [0.2, 0.25) is 0 Å². The van der Waals surface area contributed by atoms with Gasteiger partial charge in [-0.05, 0) is 68.0 Å². The molecule has 0 spiro atoms. The van der Waals surface area contributed by atoms with E-state index in [0.717, 1.165) is 16.7 Å². The van der Waals surface area contributed by atoms with Gasteiger partial charge in [0.25, 0.3) is 0 Å². The van der Waals surface area contributed by atoms with Crippen molar-refractivity contribution in [3.63, 3.8) is 0 Å². The highest BCUT2D eigenvalue weighted by atomic mass is 33.1. The zero-order valence-electron chi connectivity index (χ0n) is 32.4. The summed E-state index contributed by atoms with van der Waals surface area (Å²) >= 11 is 0. The van der Waals surface area contributed by atoms with Gasteiger partial charge in [-0.3, -0.25) is 4.57 Å². The summed E-state index contributed by atoms with van der Waals surface area (Å²) in [5.74, 6) is 0.791. The van der Waals surface area contributed by atoms with Crippen LogP contribution in [-0.2, 0) is 29.3 Å². The van der Waals surface area contributed by atoms with Crippen molar-refractivity contribution in [3.05, 3.63) is 108 Å². The Balaban J connectivity index is 1.38. The molecule has 1 fully saturated rings. The summed E-state index contributed by atoms with van der Waals surface area (Å²) in [6.07, 6.45) is -1.22. The maximum atomic E-state index is 14.0. The molecule has 4 N–H and O–H groups in total. The molecule has 1 saturated heterocycles. The van der Waals surface area contributed by atoms with Crippen LogP contribution >= 0.6 is 21.6 Å². The van der Waals surface area contributed by atoms with Crippen LogP contribution in [0.5, 0.6) is 11.5 Å². The Kier molecular flexibility index (Phi) is 13.1. The molecule has 0 unspecified atom stereocenters. The lowest BCUT2D eigenvalue weighted by atomic mass is 9.80. The first kappa shape index (κ1) is 41.6. The maximum absolute atomic E-state index is 14.0. The Morgan fingerprint density at radius 2 is 1.54 bits per heavy atom. The fourth-order valence-corrected chi connectivity index (χ4v) is 7.82. The molecule has 57 heavy (non-hydrogen) atoms. The van der Waals surface area contributed by atoms with E-state index >= 15 is 0 Å². The molecule has 5 atom stereocenters. The van der Waals surface area contributed by atoms with Crippen molar-refractivity contribution in [2.45, 2.75) is 62.6 Å². The van der Waals surface area contributed by atoms with Gasteiger partial charge in [0.15, 0.2) is 23.8 Å². The molecule has 1 aliphatic rings. The number of aliphatic hydroxyl groups excluding tert-OH is 1. The number of amides is 1. The van der Waals surface area contributed by atoms with Gasteiger partial charge in [-0.2, -0.15) is 0 Å². The highest BCUT2D eigenvalue weighted by Crippen LogP contribution is 2.43. The highest BCUT2D eigenvalue weighted by Gasteiger charge is 2.50. The Bertz CT molecular complexity index is 2070. The van der Waals surface area contributed by atoms with Gasteiger partial charge in [-0.25, -0.2) is 24.5 Å². The van der Waals surface area contributed by atoms with Crippen LogP contribution in [0.15, 0.2) is 91.5 Å². The number of ether oxygens (including phenoxy) is 6. The summed E-state index contributed by atoms with van der Waals surface area (Å²) in [6.45, 7) is 4.97. The molecule has 0 bridgehead atoms. The van der Waals surface area contributed by atoms with Crippen LogP contribution in [0.2, 0.25) is 0 Å². The maximum Gasteiger partial charge on any atom is 0.408 e. The standard InChI is InChI=1S/C40H46N6O9S2/c1-39(2,3)55-38(49)45-29(21-57-56-6)37(48)54-33-32(47)30(53-36(33)46-23-44-31-34(41)42-22-43-35(31)46)20-52-40(24-10-8-7-9-11-24,25-12-16-27(50-4)17-13-25)26-14-18-28(51-5)19-15-26/h7-19,22-23,29-30,32-33,36,47H,20-21H2,1-6H3,(H,45,49)(H2,41,42,43)/t29-,30+,32+,33+,36+/m0/s1. The van der Waals surface area contributed by atoms with E-state index in [1.165, 1.54) is 38.8 Å². The van der Waals surface area contributed by atoms with Crippen LogP contribution in [0.25, 0.3) is 11.2 Å². The van der Waals surface area contributed by atoms with E-state index in [0.29, 0.717) is 22.7 Å². The van der Waals surface area contributed by atoms with Crippen molar-refractivity contribution < 1.29 is 43.1 Å². The number of alkyl carbamates (subject to hydrolysis) is 1. The first-order valence-corrected chi connectivity index (χ1v) is 20.7. The van der Waals surface area contributed by atoms with Crippen molar-refractivity contribution in [2.24, 2.45) is 0 Å². The fraction of sp³-hybridized carbons (Fsp3) is 0.375. The molecule has 3 heterocycles. The molecule has 5 aromatic rings. The number of aromatic nitrogens is 4. The third-order valence-electron chi connectivity index (χ3n) is 9.19. The number of imidazole rings is 1. The zero-order valence-corrected chi connectivity index (χ0v) is 34.0. The van der Waals surface area contributed by atoms with Crippen LogP contribution in [0.3, 0.4) is 0 Å². The van der Waals surface area contributed by atoms with Crippen LogP contribution in [0.1, 0.15) is 43.7 Å². The first-order chi connectivity index (χ1) is 27.4. The van der Waals surface area contributed by atoms with E-state index in [2.05, 4.69) is 20.3 Å². The second-order valence-corrected chi connectivity index (χ2v) is 16.6. The number of nitrogen functional groups attached to an aromatic ring is 1. The van der Waals surface area contributed by atoms with E-state index in [1.807, 2.05) is 85.1 Å². The number of hydrogen-bond donors (Lipinski definition) is 3. The molecule has 0 radical (unpaired) electrons. The van der Waals surface area contributed by atoms with Crippen LogP contribution in [0, 0.1) is 0 Å². The number of anilines is 1. The quantitative estimate of drug-likeness (QED) is 0.0681. The molecule has 1 amide bonds. The molecule has 3 aromatic carbocycles. The average molecular weight is 819 g/mol. The largest absolute Gasteiger partial charge is 0.497 e. The van der Waals surface area contributed by atoms with E-state index < -0.39 is 53.8 Å². The minimum Gasteiger partial charge on any atom is -0.497 e. The summed E-state index contributed by atoms with van der Waals surface area (Å²) in [5, 5.41) is 14.7. The number of methoxy groups -OCH3 is 2. The van der Waals surface area contributed by atoms with Gasteiger partial charge in [0.05, 0.1) is 27.2 Å². The third kappa shape index (κ3) is 9.23. The molecule has 2 aromatic heterocycles. The Morgan fingerprint density at radius 1 is 0.930 bits per heavy atom. The molecule has 0 aliphatic carbocycles. The molecule has 15 nitrogen and oxygen atoms in total. The number of aliphatic hydroxyl groups is 1. The summed E-state index contributed by atoms with van der Waals surface area (Å²) in [4.78, 5) is 39.6. The summed E-state index contributed by atoms with van der Waals surface area (Å²) < 4.78 is 37.6. The number of nitrogens with zero attached hydrogens (tertiary/aromatic N) is 4. The van der Waals surface area contributed by atoms with Gasteiger partial charge < -0.3 is 44.6 Å². The van der Waals surface area contributed by atoms with E-state index in [4.69, 9.17) is 34.2 Å². The Labute approximate surface area is 338 Å². The highest BCUT2D eigenvalue weighted by molar-refractivity contribution is 8.76. The van der Waals surface area contributed by atoms with Crippen LogP contribution < -0.4 is 20.5 Å². The van der Waals surface area contributed by atoms with Crippen molar-refractivity contribution in [2.75, 3.05) is 38.6 Å². The number of nitrogens with two attached hydrogens (primary N) is 1. The van der Waals surface area contributed by atoms with Crippen molar-refractivity contribution in [3.8, 4) is 11.5 Å². The number of carbonyl (C=O) groups is 2. The number of carbonyl (C=O) groups excluding carboxylic acids is 2. The van der Waals surface area contributed by atoms with Crippen molar-refractivity contribution in [1.82, 2.24) is 24.8 Å². The van der Waals surface area contributed by atoms with Gasteiger partial charge in [-0.1, -0.05) is 76.2 Å². The molecular weight excluding hydrogens is 773 g/mol. The average Bonchev–Trinajstić information content (AvgIpc) is 3.77. The molecule has 1 aliphatic heterocycles. The summed E-state index contributed by atoms with van der Waals surface area (Å²) in [7, 11) is 5.95. The summed E-state index contributed by atoms with van der Waals surface area (Å²) in [6, 6.07) is 23.6. The lowest BCUT2D eigenvalue weighted by molar-refractivity contribution is -0.160. The van der Waals surface area contributed by atoms with Gasteiger partial charge in [-0.15, -0.1) is 0 Å². The van der Waals surface area contributed by atoms with E-state index in [-0.39, 0.29) is 18.2 Å². The lowest BCUT2D eigenvalue weighted by Crippen LogP contribution is -2.48. The number of esters is 1. The zero-order chi connectivity index (χ0) is 40.7. The monoisotopic (exact) mass is 818 g/mol. The first-order valence-electron chi connectivity index (χ1n) is 18.0. The second-order valence-electron chi connectivity index (χ2n) is 14.0. The minimum atomic E-state index is -1.44. The Morgan fingerprint density at radius 3 is 2.12 bits per heavy atom. The SMILES string of the molecule is COc1ccc(C(OC[C@H]2O[C@@H](n3cnc4c(N)ncnc43)[C@H](OC(=O)[C@H](CSSC)NC(=O)OC(C)(C)C)[C@@H]2O)(c2ccccc2)c2ccc(OC)cc2)cc1. The third-order valence-corrected chi connectivity index (χ3v) is 11.0. The lowest BCUT2D eigenvalue weighted by Gasteiger charge is -2.37. The van der Waals surface area contributed by atoms with Crippen LogP contribution in [-0.4, -0.2) is 99.5 Å². The number of benzene rings is 3. The molecule has 17 heteroatoms. The number of rotatable bonds is 15. The van der Waals surface area contributed by atoms with E-state index in [9.17, 15) is 14.7 Å². The predicted octanol–water partition coefficient (Wildman–Crippen LogP) is 5.51. The van der Waals surface area contributed by atoms with Crippen molar-refractivity contribution in [1.29, 1.82) is 0 Å². The van der Waals surface area contributed by atoms with Crippen LogP contribution in [0.4, 0.5) is 10.6 Å². The van der Waals surface area contributed by atoms with Crippen molar-refractivity contribution >= 4 is 50.6 Å². The molecule has 302 valence electrons. The predicted molar refractivity (Wildman–Crippen MR) is 217 cm³/mol. The van der Waals surface area contributed by atoms with Gasteiger partial charge >= 0.3 is 12.1 Å². The van der Waals surface area contributed by atoms with Gasteiger partial charge in [0.1, 0.15) is 52.8 Å². The topological polar surface area (TPSA) is 191 Å².